The van der Waals surface area contributed by atoms with Gasteiger partial charge in [0.15, 0.2) is 0 Å². The molecule has 6 nitrogen and oxygen atoms in total. The van der Waals surface area contributed by atoms with E-state index in [1.807, 2.05) is 18.2 Å². The average Bonchev–Trinajstić information content (AvgIpc) is 3.06. The van der Waals surface area contributed by atoms with Gasteiger partial charge < -0.3 is 10.4 Å². The Bertz CT molecular complexity index is 1080. The highest BCUT2D eigenvalue weighted by Crippen LogP contribution is 2.13. The lowest BCUT2D eigenvalue weighted by Crippen LogP contribution is -2.46. The fraction of sp³-hybridized carbons (Fsp3) is 0.643. The zero-order valence-electron chi connectivity index (χ0n) is 31.0. The molecule has 0 spiro atoms. The summed E-state index contributed by atoms with van der Waals surface area (Å²) in [6, 6.07) is -1.10. The summed E-state index contributed by atoms with van der Waals surface area (Å²) >= 11 is 0. The van der Waals surface area contributed by atoms with Crippen LogP contribution in [0.3, 0.4) is 0 Å². The number of carbonyl (C=O) groups excluding carboxylic acids is 1. The van der Waals surface area contributed by atoms with Crippen LogP contribution >= 0.6 is 0 Å². The monoisotopic (exact) mass is 702 g/mol. The zero-order valence-corrected chi connectivity index (χ0v) is 31.8. The van der Waals surface area contributed by atoms with Gasteiger partial charge in [0.1, 0.15) is 0 Å². The molecule has 0 rings (SSSR count). The highest BCUT2D eigenvalue weighted by atomic mass is 32.2. The third-order valence-corrected chi connectivity index (χ3v) is 8.87. The predicted molar refractivity (Wildman–Crippen MR) is 211 cm³/mol. The number of rotatable bonds is 33. The van der Waals surface area contributed by atoms with Gasteiger partial charge in [-0.25, -0.2) is 0 Å². The van der Waals surface area contributed by atoms with Gasteiger partial charge in [-0.05, 0) is 57.8 Å². The number of nitrogens with one attached hydrogen (secondary N) is 1. The third kappa shape index (κ3) is 36.6. The van der Waals surface area contributed by atoms with Crippen molar-refractivity contribution in [2.45, 2.75) is 167 Å². The van der Waals surface area contributed by atoms with Gasteiger partial charge in [0, 0.05) is 6.42 Å². The summed E-state index contributed by atoms with van der Waals surface area (Å²) in [7, 11) is -4.37. The van der Waals surface area contributed by atoms with E-state index in [0.717, 1.165) is 57.8 Å². The minimum atomic E-state index is -4.37. The second-order valence-electron chi connectivity index (χ2n) is 12.8. The number of allylic oxidation sites excluding steroid dienone is 13. The number of aliphatic hydroxyl groups excluding tert-OH is 1. The Kier molecular flexibility index (Phi) is 33.6. The van der Waals surface area contributed by atoms with Gasteiger partial charge in [0.2, 0.25) is 5.91 Å². The summed E-state index contributed by atoms with van der Waals surface area (Å²) in [6.45, 7) is 4.39. The molecule has 0 aromatic carbocycles. The van der Waals surface area contributed by atoms with Crippen LogP contribution in [-0.4, -0.2) is 41.9 Å². The Labute approximate surface area is 301 Å². The van der Waals surface area contributed by atoms with Gasteiger partial charge in [0.05, 0.1) is 17.9 Å². The number of aliphatic hydroxyl groups is 1. The van der Waals surface area contributed by atoms with E-state index in [4.69, 9.17) is 0 Å². The molecule has 0 aromatic heterocycles. The fourth-order valence-corrected chi connectivity index (χ4v) is 5.97. The van der Waals surface area contributed by atoms with E-state index in [9.17, 15) is 22.9 Å². The molecular weight excluding hydrogens is 631 g/mol. The van der Waals surface area contributed by atoms with Crippen LogP contribution in [0.25, 0.3) is 0 Å². The molecule has 2 unspecified atom stereocenters. The minimum Gasteiger partial charge on any atom is -0.387 e. The van der Waals surface area contributed by atoms with Crippen LogP contribution in [0.4, 0.5) is 0 Å². The molecule has 0 aromatic rings. The first-order valence-electron chi connectivity index (χ1n) is 19.3. The smallest absolute Gasteiger partial charge is 0.267 e. The SMILES string of the molecule is CC/C=C\C/C=C\C/C=C\C/C=C\C/C=C\C/C=C\CCC(=O)NC(CS(=O)(=O)O)C(O)/C=C/CCCCCCCCCCCCCCC. The molecule has 7 heteroatoms. The molecule has 0 saturated heterocycles. The first-order chi connectivity index (χ1) is 23.8. The summed E-state index contributed by atoms with van der Waals surface area (Å²) in [5, 5.41) is 13.1. The molecule has 0 fully saturated rings. The van der Waals surface area contributed by atoms with Gasteiger partial charge in [-0.2, -0.15) is 8.42 Å². The lowest BCUT2D eigenvalue weighted by atomic mass is 10.0. The second-order valence-corrected chi connectivity index (χ2v) is 14.3. The Hall–Kier alpha value is -2.48. The largest absolute Gasteiger partial charge is 0.387 e. The normalized spacial score (nSPS) is 14.3. The second kappa shape index (κ2) is 35.3. The molecule has 0 aliphatic heterocycles. The Balaban J connectivity index is 4.14. The molecule has 0 aliphatic carbocycles. The van der Waals surface area contributed by atoms with Gasteiger partial charge in [-0.1, -0.05) is 176 Å². The topological polar surface area (TPSA) is 104 Å². The zero-order chi connectivity index (χ0) is 36.1. The number of carbonyl (C=O) groups is 1. The average molecular weight is 702 g/mol. The predicted octanol–water partition coefficient (Wildman–Crippen LogP) is 11.2. The maximum absolute atomic E-state index is 12.5. The Morgan fingerprint density at radius 3 is 1.41 bits per heavy atom. The van der Waals surface area contributed by atoms with Crippen LogP contribution < -0.4 is 5.32 Å². The van der Waals surface area contributed by atoms with Crippen molar-refractivity contribution >= 4 is 16.0 Å². The number of hydrogen-bond donors (Lipinski definition) is 3. The molecule has 280 valence electrons. The summed E-state index contributed by atoms with van der Waals surface area (Å²) in [5.74, 6) is -1.10. The van der Waals surface area contributed by atoms with Gasteiger partial charge >= 0.3 is 0 Å². The molecule has 49 heavy (non-hydrogen) atoms. The summed E-state index contributed by atoms with van der Waals surface area (Å²) in [4.78, 5) is 12.5. The van der Waals surface area contributed by atoms with Crippen molar-refractivity contribution < 1.29 is 22.9 Å². The number of amides is 1. The molecule has 0 aliphatic rings. The van der Waals surface area contributed by atoms with Crippen molar-refractivity contribution in [1.29, 1.82) is 0 Å². The van der Waals surface area contributed by atoms with Gasteiger partial charge in [-0.3, -0.25) is 9.35 Å². The van der Waals surface area contributed by atoms with E-state index < -0.39 is 28.0 Å². The molecular formula is C42H71NO5S. The summed E-state index contributed by atoms with van der Waals surface area (Å²) in [6.07, 6.45) is 51.4. The van der Waals surface area contributed by atoms with Crippen LogP contribution in [0.5, 0.6) is 0 Å². The van der Waals surface area contributed by atoms with Crippen LogP contribution in [0.15, 0.2) is 85.1 Å². The maximum Gasteiger partial charge on any atom is 0.267 e. The quantitative estimate of drug-likeness (QED) is 0.0359. The lowest BCUT2D eigenvalue weighted by molar-refractivity contribution is -0.122. The standard InChI is InChI=1S/C42H71NO5S/c1-3-5-7-9-11-13-15-17-19-20-21-22-24-26-28-30-32-34-36-38-42(45)43-40(39-49(46,47)48)41(44)37-35-33-31-29-27-25-23-18-16-14-12-10-8-6-4-2/h5,7,11,13,17,19,21-22,26,28,32,34-35,37,40-41,44H,3-4,6,8-10,12,14-16,18,20,23-25,27,29-31,33,36,38-39H2,1-2H3,(H,43,45)(H,46,47,48)/b7-5-,13-11-,19-17-,22-21-,28-26-,34-32-,37-35+. The van der Waals surface area contributed by atoms with Crippen LogP contribution in [-0.2, 0) is 14.9 Å². The Morgan fingerprint density at radius 1 is 0.571 bits per heavy atom. The van der Waals surface area contributed by atoms with Gasteiger partial charge in [-0.15, -0.1) is 0 Å². The Morgan fingerprint density at radius 2 is 0.980 bits per heavy atom. The summed E-state index contributed by atoms with van der Waals surface area (Å²) < 4.78 is 32.4. The highest BCUT2D eigenvalue weighted by molar-refractivity contribution is 7.85. The van der Waals surface area contributed by atoms with E-state index in [-0.39, 0.29) is 12.3 Å². The van der Waals surface area contributed by atoms with Crippen molar-refractivity contribution in [3.63, 3.8) is 0 Å². The minimum absolute atomic E-state index is 0.166. The van der Waals surface area contributed by atoms with Gasteiger partial charge in [0.25, 0.3) is 10.1 Å². The van der Waals surface area contributed by atoms with Crippen molar-refractivity contribution in [2.75, 3.05) is 5.75 Å². The molecule has 0 radical (unpaired) electrons. The fourth-order valence-electron chi connectivity index (χ4n) is 5.24. The van der Waals surface area contributed by atoms with Crippen LogP contribution in [0.2, 0.25) is 0 Å². The van der Waals surface area contributed by atoms with Crippen LogP contribution in [0, 0.1) is 0 Å². The lowest BCUT2D eigenvalue weighted by Gasteiger charge is -2.20. The third-order valence-electron chi connectivity index (χ3n) is 8.09. The number of unbranched alkanes of at least 4 members (excludes halogenated alkanes) is 13. The number of hydrogen-bond acceptors (Lipinski definition) is 4. The molecule has 1 amide bonds. The van der Waals surface area contributed by atoms with E-state index in [1.54, 1.807) is 0 Å². The first kappa shape index (κ1) is 46.5. The summed E-state index contributed by atoms with van der Waals surface area (Å²) in [5.41, 5.74) is 0. The molecule has 2 atom stereocenters. The molecule has 0 bridgehead atoms. The first-order valence-corrected chi connectivity index (χ1v) is 20.9. The molecule has 0 heterocycles. The highest BCUT2D eigenvalue weighted by Gasteiger charge is 2.24. The van der Waals surface area contributed by atoms with E-state index in [2.05, 4.69) is 79.9 Å². The molecule has 3 N–H and O–H groups in total. The van der Waals surface area contributed by atoms with Crippen molar-refractivity contribution in [3.8, 4) is 0 Å². The molecule has 0 saturated carbocycles. The van der Waals surface area contributed by atoms with E-state index >= 15 is 0 Å². The maximum atomic E-state index is 12.5. The van der Waals surface area contributed by atoms with Crippen molar-refractivity contribution in [2.24, 2.45) is 0 Å². The van der Waals surface area contributed by atoms with Crippen LogP contribution in [0.1, 0.15) is 155 Å². The van der Waals surface area contributed by atoms with E-state index in [0.29, 0.717) is 6.42 Å². The van der Waals surface area contributed by atoms with Crippen molar-refractivity contribution in [3.05, 3.63) is 85.1 Å². The van der Waals surface area contributed by atoms with E-state index in [1.165, 1.54) is 76.7 Å². The van der Waals surface area contributed by atoms with Crippen molar-refractivity contribution in [1.82, 2.24) is 5.32 Å².